The number of Topliss-reactive ketones (excluding diaryl/α,β-unsaturated/α-hetero) is 1. The van der Waals surface area contributed by atoms with Gasteiger partial charge < -0.3 is 14.8 Å². The Labute approximate surface area is 162 Å². The molecular formula is C21H23F2NO4. The van der Waals surface area contributed by atoms with Gasteiger partial charge in [0, 0.05) is 29.3 Å². The van der Waals surface area contributed by atoms with Gasteiger partial charge in [0.15, 0.2) is 5.78 Å². The van der Waals surface area contributed by atoms with Crippen LogP contribution in [0.25, 0.3) is 0 Å². The Balaban J connectivity index is 2.11. The van der Waals surface area contributed by atoms with Crippen molar-refractivity contribution in [3.8, 4) is 5.75 Å². The minimum Gasteiger partial charge on any atom is -0.466 e. The summed E-state index contributed by atoms with van der Waals surface area (Å²) >= 11 is 0. The fourth-order valence-corrected chi connectivity index (χ4v) is 3.99. The molecule has 3 rings (SSSR count). The average molecular weight is 391 g/mol. The highest BCUT2D eigenvalue weighted by Crippen LogP contribution is 2.46. The molecule has 1 aromatic rings. The molecule has 1 unspecified atom stereocenters. The average Bonchev–Trinajstić information content (AvgIpc) is 2.59. The van der Waals surface area contributed by atoms with E-state index in [0.717, 1.165) is 5.70 Å². The number of methoxy groups -OCH3 is 1. The van der Waals surface area contributed by atoms with E-state index < -0.39 is 18.5 Å². The molecule has 1 aliphatic carbocycles. The molecule has 5 nitrogen and oxygen atoms in total. The number of carbonyl (C=O) groups is 2. The van der Waals surface area contributed by atoms with Crippen LogP contribution in [-0.4, -0.2) is 25.5 Å². The molecule has 28 heavy (non-hydrogen) atoms. The van der Waals surface area contributed by atoms with E-state index in [1.165, 1.54) is 19.2 Å². The number of nitrogens with one attached hydrogen (secondary N) is 1. The lowest BCUT2D eigenvalue weighted by molar-refractivity contribution is -0.136. The van der Waals surface area contributed by atoms with E-state index in [1.54, 1.807) is 19.1 Å². The van der Waals surface area contributed by atoms with Gasteiger partial charge >= 0.3 is 12.6 Å². The number of allylic oxidation sites excluding steroid dienone is 3. The zero-order valence-electron chi connectivity index (χ0n) is 16.3. The summed E-state index contributed by atoms with van der Waals surface area (Å²) in [5, 5.41) is 3.22. The van der Waals surface area contributed by atoms with Crippen molar-refractivity contribution in [2.24, 2.45) is 5.41 Å². The highest BCUT2D eigenvalue weighted by atomic mass is 19.3. The predicted octanol–water partition coefficient (Wildman–Crippen LogP) is 4.07. The summed E-state index contributed by atoms with van der Waals surface area (Å²) < 4.78 is 34.2. The van der Waals surface area contributed by atoms with Crippen LogP contribution < -0.4 is 10.1 Å². The zero-order chi connectivity index (χ0) is 20.6. The molecule has 0 bridgehead atoms. The summed E-state index contributed by atoms with van der Waals surface area (Å²) in [6, 6.07) is 6.01. The van der Waals surface area contributed by atoms with E-state index in [9.17, 15) is 18.4 Å². The first-order chi connectivity index (χ1) is 13.1. The third kappa shape index (κ3) is 3.79. The van der Waals surface area contributed by atoms with Gasteiger partial charge in [0.2, 0.25) is 0 Å². The van der Waals surface area contributed by atoms with Crippen LogP contribution in [0.4, 0.5) is 8.78 Å². The number of dihydropyridines is 1. The van der Waals surface area contributed by atoms with Crippen LogP contribution in [-0.2, 0) is 14.3 Å². The van der Waals surface area contributed by atoms with Crippen LogP contribution in [0.5, 0.6) is 5.75 Å². The highest BCUT2D eigenvalue weighted by Gasteiger charge is 2.42. The van der Waals surface area contributed by atoms with E-state index in [0.29, 0.717) is 35.2 Å². The number of hydrogen-bond donors (Lipinski definition) is 1. The van der Waals surface area contributed by atoms with E-state index in [2.05, 4.69) is 10.1 Å². The van der Waals surface area contributed by atoms with E-state index in [1.807, 2.05) is 13.8 Å². The Bertz CT molecular complexity index is 869. The zero-order valence-corrected chi connectivity index (χ0v) is 16.3. The fraction of sp³-hybridized carbons (Fsp3) is 0.429. The SMILES string of the molecule is COC(=O)C1=C(C)NC2=C(C(=O)CC(C)(C)C2)C1c1ccc(OC(F)F)cc1. The van der Waals surface area contributed by atoms with Crippen LogP contribution in [0.1, 0.15) is 45.1 Å². The summed E-state index contributed by atoms with van der Waals surface area (Å²) in [6.45, 7) is 2.89. The lowest BCUT2D eigenvalue weighted by Gasteiger charge is -2.39. The first kappa shape index (κ1) is 20.0. The standard InChI is InChI=1S/C21H23F2NO4/c1-11-16(19(26)27-4)17(12-5-7-13(8-6-12)28-20(22)23)18-14(24-11)9-21(2,3)10-15(18)25/h5-8,17,20,24H,9-10H2,1-4H3. The maximum absolute atomic E-state index is 13.0. The van der Waals surface area contributed by atoms with Crippen LogP contribution >= 0.6 is 0 Å². The molecule has 0 aromatic heterocycles. The Hall–Kier alpha value is -2.70. The normalized spacial score (nSPS) is 21.4. The number of halogens is 2. The summed E-state index contributed by atoms with van der Waals surface area (Å²) in [4.78, 5) is 25.5. The Morgan fingerprint density at radius 3 is 2.43 bits per heavy atom. The molecule has 150 valence electrons. The smallest absolute Gasteiger partial charge is 0.387 e. The number of carbonyl (C=O) groups excluding carboxylic acids is 2. The molecule has 0 amide bonds. The molecule has 1 aromatic carbocycles. The lowest BCUT2D eigenvalue weighted by atomic mass is 9.68. The maximum atomic E-state index is 13.0. The van der Waals surface area contributed by atoms with Crippen molar-refractivity contribution in [2.75, 3.05) is 7.11 Å². The third-order valence-corrected chi connectivity index (χ3v) is 5.08. The van der Waals surface area contributed by atoms with Gasteiger partial charge in [-0.3, -0.25) is 4.79 Å². The van der Waals surface area contributed by atoms with Crippen molar-refractivity contribution in [1.29, 1.82) is 0 Å². The van der Waals surface area contributed by atoms with Crippen molar-refractivity contribution in [2.45, 2.75) is 46.1 Å². The van der Waals surface area contributed by atoms with Gasteiger partial charge in [-0.1, -0.05) is 26.0 Å². The number of hydrogen-bond acceptors (Lipinski definition) is 5. The number of ether oxygens (including phenoxy) is 2. The minimum atomic E-state index is -2.92. The van der Waals surface area contributed by atoms with Crippen LogP contribution in [0.15, 0.2) is 46.8 Å². The van der Waals surface area contributed by atoms with E-state index in [-0.39, 0.29) is 16.9 Å². The molecule has 1 N–H and O–H groups in total. The minimum absolute atomic E-state index is 0.0123. The first-order valence-corrected chi connectivity index (χ1v) is 9.00. The van der Waals surface area contributed by atoms with Crippen LogP contribution in [0, 0.1) is 5.41 Å². The summed E-state index contributed by atoms with van der Waals surface area (Å²) in [7, 11) is 1.29. The molecule has 0 saturated carbocycles. The van der Waals surface area contributed by atoms with Crippen molar-refractivity contribution in [1.82, 2.24) is 5.32 Å². The van der Waals surface area contributed by atoms with Crippen molar-refractivity contribution in [3.63, 3.8) is 0 Å². The van der Waals surface area contributed by atoms with Gasteiger partial charge in [-0.2, -0.15) is 8.78 Å². The second kappa shape index (κ2) is 7.37. The molecule has 0 saturated heterocycles. The van der Waals surface area contributed by atoms with Gasteiger partial charge in [0.1, 0.15) is 5.75 Å². The fourth-order valence-electron chi connectivity index (χ4n) is 3.99. The monoisotopic (exact) mass is 391 g/mol. The summed E-state index contributed by atoms with van der Waals surface area (Å²) in [6.07, 6.45) is 1.03. The van der Waals surface area contributed by atoms with Crippen molar-refractivity contribution >= 4 is 11.8 Å². The maximum Gasteiger partial charge on any atom is 0.387 e. The van der Waals surface area contributed by atoms with Crippen LogP contribution in [0.3, 0.4) is 0 Å². The van der Waals surface area contributed by atoms with E-state index >= 15 is 0 Å². The number of alkyl halides is 2. The number of rotatable bonds is 4. The van der Waals surface area contributed by atoms with Gasteiger partial charge in [-0.15, -0.1) is 0 Å². The van der Waals surface area contributed by atoms with Gasteiger partial charge in [-0.25, -0.2) is 4.79 Å². The highest BCUT2D eigenvalue weighted by molar-refractivity contribution is 6.04. The predicted molar refractivity (Wildman–Crippen MR) is 98.7 cm³/mol. The molecule has 2 aliphatic rings. The van der Waals surface area contributed by atoms with Gasteiger partial charge in [0.25, 0.3) is 0 Å². The molecule has 0 radical (unpaired) electrons. The molecule has 1 atom stereocenters. The van der Waals surface area contributed by atoms with E-state index in [4.69, 9.17) is 4.74 Å². The second-order valence-electron chi connectivity index (χ2n) is 7.87. The molecule has 0 fully saturated rings. The number of benzene rings is 1. The van der Waals surface area contributed by atoms with Crippen molar-refractivity contribution in [3.05, 3.63) is 52.4 Å². The second-order valence-corrected chi connectivity index (χ2v) is 7.87. The Morgan fingerprint density at radius 2 is 1.86 bits per heavy atom. The molecule has 1 aliphatic heterocycles. The first-order valence-electron chi connectivity index (χ1n) is 9.00. The molecular weight excluding hydrogens is 368 g/mol. The quantitative estimate of drug-likeness (QED) is 0.784. The van der Waals surface area contributed by atoms with Gasteiger partial charge in [0.05, 0.1) is 12.7 Å². The lowest BCUT2D eigenvalue weighted by Crippen LogP contribution is -2.38. The molecule has 7 heteroatoms. The summed E-state index contributed by atoms with van der Waals surface area (Å²) in [5.74, 6) is -1.18. The van der Waals surface area contributed by atoms with Crippen LogP contribution in [0.2, 0.25) is 0 Å². The Kier molecular flexibility index (Phi) is 5.28. The van der Waals surface area contributed by atoms with Gasteiger partial charge in [-0.05, 0) is 36.5 Å². The molecule has 1 heterocycles. The third-order valence-electron chi connectivity index (χ3n) is 5.08. The number of esters is 1. The Morgan fingerprint density at radius 1 is 1.21 bits per heavy atom. The number of ketones is 1. The topological polar surface area (TPSA) is 64.6 Å². The molecule has 0 spiro atoms. The van der Waals surface area contributed by atoms with Crippen molar-refractivity contribution < 1.29 is 27.8 Å². The largest absolute Gasteiger partial charge is 0.466 e. The summed E-state index contributed by atoms with van der Waals surface area (Å²) in [5.41, 5.74) is 2.75.